The number of aliphatic hydroxyl groups excluding tert-OH is 1. The van der Waals surface area contributed by atoms with E-state index in [-0.39, 0.29) is 24.5 Å². The fraction of sp³-hybridized carbons (Fsp3) is 0.500. The molecule has 1 aromatic carbocycles. The zero-order valence-electron chi connectivity index (χ0n) is 10.5. The van der Waals surface area contributed by atoms with Crippen molar-refractivity contribution in [2.24, 2.45) is 11.8 Å². The van der Waals surface area contributed by atoms with Gasteiger partial charge in [-0.1, -0.05) is 30.3 Å². The topological polar surface area (TPSA) is 58.6 Å². The number of fused-ring (bicyclic) bond motifs is 1. The number of hydrogen-bond acceptors (Lipinski definition) is 3. The molecule has 0 spiro atoms. The number of benzene rings is 1. The molecule has 2 fully saturated rings. The Labute approximate surface area is 107 Å². The van der Waals surface area contributed by atoms with E-state index in [1.807, 2.05) is 30.3 Å². The molecule has 0 bridgehead atoms. The second-order valence-electron chi connectivity index (χ2n) is 4.72. The lowest BCUT2D eigenvalue weighted by atomic mass is 10.2. The summed E-state index contributed by atoms with van der Waals surface area (Å²) in [5, 5.41) is 11.4. The summed E-state index contributed by atoms with van der Waals surface area (Å²) in [5.74, 6) is 0.851. The van der Waals surface area contributed by atoms with E-state index in [0.717, 1.165) is 6.42 Å². The van der Waals surface area contributed by atoms with Crippen molar-refractivity contribution in [1.82, 2.24) is 5.32 Å². The number of rotatable bonds is 3. The Morgan fingerprint density at radius 1 is 1.39 bits per heavy atom. The third-order valence-electron chi connectivity index (χ3n) is 3.37. The molecule has 1 saturated heterocycles. The smallest absolute Gasteiger partial charge is 0.223 e. The highest BCUT2D eigenvalue weighted by Gasteiger charge is 2.53. The first-order valence-electron chi connectivity index (χ1n) is 6.20. The lowest BCUT2D eigenvalue weighted by molar-refractivity contribution is -0.121. The Hall–Kier alpha value is -1.39. The van der Waals surface area contributed by atoms with E-state index >= 15 is 0 Å². The summed E-state index contributed by atoms with van der Waals surface area (Å²) in [7, 11) is 1.70. The Morgan fingerprint density at radius 2 is 2.11 bits per heavy atom. The highest BCUT2D eigenvalue weighted by atomic mass is 16.5. The summed E-state index contributed by atoms with van der Waals surface area (Å²) in [6.07, 6.45) is 0.997. The number of ether oxygens (including phenoxy) is 1. The van der Waals surface area contributed by atoms with Crippen LogP contribution >= 0.6 is 0 Å². The van der Waals surface area contributed by atoms with E-state index in [1.165, 1.54) is 5.56 Å². The van der Waals surface area contributed by atoms with E-state index in [9.17, 15) is 4.79 Å². The first-order valence-corrected chi connectivity index (χ1v) is 6.20. The molecule has 1 aromatic rings. The fourth-order valence-electron chi connectivity index (χ4n) is 2.28. The van der Waals surface area contributed by atoms with Crippen LogP contribution in [-0.4, -0.2) is 30.8 Å². The molecule has 4 nitrogen and oxygen atoms in total. The van der Waals surface area contributed by atoms with Crippen molar-refractivity contribution >= 4 is 5.91 Å². The van der Waals surface area contributed by atoms with Gasteiger partial charge >= 0.3 is 0 Å². The van der Waals surface area contributed by atoms with E-state index in [2.05, 4.69) is 5.32 Å². The number of carbonyl (C=O) groups is 1. The van der Waals surface area contributed by atoms with Crippen molar-refractivity contribution in [3.05, 3.63) is 35.9 Å². The minimum atomic E-state index is 0.0718. The molecule has 0 radical (unpaired) electrons. The van der Waals surface area contributed by atoms with Crippen molar-refractivity contribution < 1.29 is 14.6 Å². The number of piperidine rings is 1. The summed E-state index contributed by atoms with van der Waals surface area (Å²) < 4.78 is 4.93. The van der Waals surface area contributed by atoms with Gasteiger partial charge in [0.15, 0.2) is 0 Å². The van der Waals surface area contributed by atoms with Gasteiger partial charge in [-0.3, -0.25) is 4.79 Å². The molecule has 0 aromatic heterocycles. The van der Waals surface area contributed by atoms with Crippen molar-refractivity contribution in [2.45, 2.75) is 19.1 Å². The van der Waals surface area contributed by atoms with Crippen LogP contribution in [0.15, 0.2) is 30.3 Å². The van der Waals surface area contributed by atoms with Crippen LogP contribution < -0.4 is 5.32 Å². The lowest BCUT2D eigenvalue weighted by Crippen LogP contribution is -2.32. The van der Waals surface area contributed by atoms with E-state index in [0.29, 0.717) is 12.5 Å². The van der Waals surface area contributed by atoms with Crippen LogP contribution in [0.2, 0.25) is 0 Å². The molecule has 1 aliphatic carbocycles. The third kappa shape index (κ3) is 3.09. The highest BCUT2D eigenvalue weighted by Crippen LogP contribution is 2.45. The summed E-state index contributed by atoms with van der Waals surface area (Å²) in [6, 6.07) is 10.2. The number of methoxy groups -OCH3 is 1. The van der Waals surface area contributed by atoms with Crippen LogP contribution in [0.25, 0.3) is 0 Å². The number of nitrogens with one attached hydrogen (secondary N) is 1. The lowest BCUT2D eigenvalue weighted by Gasteiger charge is -2.07. The van der Waals surface area contributed by atoms with E-state index in [4.69, 9.17) is 9.84 Å². The normalized spacial score (nSPS) is 27.9. The highest BCUT2D eigenvalue weighted by molar-refractivity contribution is 5.85. The first kappa shape index (κ1) is 13.1. The van der Waals surface area contributed by atoms with E-state index in [1.54, 1.807) is 7.11 Å². The van der Waals surface area contributed by atoms with Crippen LogP contribution in [0.4, 0.5) is 0 Å². The SMILES string of the molecule is COCc1ccccc1.O=C1NC(CO)C2CC12. The van der Waals surface area contributed by atoms with Crippen LogP contribution in [0.5, 0.6) is 0 Å². The van der Waals surface area contributed by atoms with Crippen LogP contribution in [0.1, 0.15) is 12.0 Å². The largest absolute Gasteiger partial charge is 0.394 e. The summed E-state index contributed by atoms with van der Waals surface area (Å²) >= 11 is 0. The van der Waals surface area contributed by atoms with Gasteiger partial charge in [0.05, 0.1) is 19.3 Å². The zero-order chi connectivity index (χ0) is 13.0. The number of carbonyl (C=O) groups excluding carboxylic acids is 1. The van der Waals surface area contributed by atoms with Crippen molar-refractivity contribution in [3.8, 4) is 0 Å². The zero-order valence-corrected chi connectivity index (χ0v) is 10.5. The van der Waals surface area contributed by atoms with Crippen LogP contribution in [0.3, 0.4) is 0 Å². The number of aliphatic hydroxyl groups is 1. The van der Waals surface area contributed by atoms with Crippen LogP contribution in [-0.2, 0) is 16.1 Å². The van der Waals surface area contributed by atoms with Gasteiger partial charge in [-0.05, 0) is 17.9 Å². The second kappa shape index (κ2) is 5.98. The van der Waals surface area contributed by atoms with E-state index < -0.39 is 0 Å². The summed E-state index contributed by atoms with van der Waals surface area (Å²) in [4.78, 5) is 10.8. The molecule has 2 aliphatic rings. The van der Waals surface area contributed by atoms with Gasteiger partial charge in [0.1, 0.15) is 0 Å². The quantitative estimate of drug-likeness (QED) is 0.838. The first-order chi connectivity index (χ1) is 8.76. The summed E-state index contributed by atoms with van der Waals surface area (Å²) in [5.41, 5.74) is 1.22. The molecule has 1 saturated carbocycles. The fourth-order valence-corrected chi connectivity index (χ4v) is 2.28. The van der Waals surface area contributed by atoms with Crippen molar-refractivity contribution in [1.29, 1.82) is 0 Å². The molecule has 18 heavy (non-hydrogen) atoms. The standard InChI is InChI=1S/C8H10O.C6H9NO2/c1-9-7-8-5-3-2-4-6-8;8-2-5-3-1-4(3)6(9)7-5/h2-6H,7H2,1H3;3-5,8H,1-2H2,(H,7,9). The van der Waals surface area contributed by atoms with Gasteiger partial charge in [0, 0.05) is 13.0 Å². The molecule has 4 heteroatoms. The number of amides is 1. The minimum Gasteiger partial charge on any atom is -0.394 e. The average Bonchev–Trinajstić information content (AvgIpc) is 3.13. The van der Waals surface area contributed by atoms with Crippen LogP contribution in [0, 0.1) is 11.8 Å². The van der Waals surface area contributed by atoms with Gasteiger partial charge in [0.2, 0.25) is 5.91 Å². The predicted octanol–water partition coefficient (Wildman–Crippen LogP) is 0.946. The Kier molecular flexibility index (Phi) is 4.33. The molecule has 1 heterocycles. The molecule has 3 atom stereocenters. The third-order valence-corrected chi connectivity index (χ3v) is 3.37. The Morgan fingerprint density at radius 3 is 2.50 bits per heavy atom. The minimum absolute atomic E-state index is 0.0718. The molecular weight excluding hydrogens is 230 g/mol. The monoisotopic (exact) mass is 249 g/mol. The molecule has 2 N–H and O–H groups in total. The van der Waals surface area contributed by atoms with Crippen molar-refractivity contribution in [3.63, 3.8) is 0 Å². The van der Waals surface area contributed by atoms with Gasteiger partial charge in [-0.15, -0.1) is 0 Å². The molecule has 1 amide bonds. The molecule has 98 valence electrons. The Balaban J connectivity index is 0.000000134. The maximum atomic E-state index is 10.8. The number of hydrogen-bond donors (Lipinski definition) is 2. The summed E-state index contributed by atoms with van der Waals surface area (Å²) in [6.45, 7) is 0.813. The predicted molar refractivity (Wildman–Crippen MR) is 67.8 cm³/mol. The molecule has 3 unspecified atom stereocenters. The maximum absolute atomic E-state index is 10.8. The van der Waals surface area contributed by atoms with Gasteiger partial charge in [0.25, 0.3) is 0 Å². The van der Waals surface area contributed by atoms with Gasteiger partial charge in [-0.25, -0.2) is 0 Å². The molecule has 1 aliphatic heterocycles. The average molecular weight is 249 g/mol. The van der Waals surface area contributed by atoms with Gasteiger partial charge in [-0.2, -0.15) is 0 Å². The van der Waals surface area contributed by atoms with Gasteiger partial charge < -0.3 is 15.2 Å². The van der Waals surface area contributed by atoms with Crippen molar-refractivity contribution in [2.75, 3.05) is 13.7 Å². The molecular formula is C14H19NO3. The second-order valence-corrected chi connectivity index (χ2v) is 4.72. The Bertz CT molecular complexity index is 393. The molecule has 3 rings (SSSR count). The maximum Gasteiger partial charge on any atom is 0.223 e.